The van der Waals surface area contributed by atoms with Crippen LogP contribution in [0.2, 0.25) is 0 Å². The van der Waals surface area contributed by atoms with E-state index in [9.17, 15) is 60.3 Å². The van der Waals surface area contributed by atoms with Crippen molar-refractivity contribution in [3.8, 4) is 0 Å². The van der Waals surface area contributed by atoms with E-state index in [1.165, 1.54) is 12.5 Å². The summed E-state index contributed by atoms with van der Waals surface area (Å²) < 4.78 is 44.1. The highest BCUT2D eigenvalue weighted by atomic mass is 16.7. The Labute approximate surface area is 429 Å². The molecule has 9 rings (SSSR count). The number of carbonyl (C=O) groups excluding carboxylic acids is 5. The van der Waals surface area contributed by atoms with E-state index in [0.29, 0.717) is 38.5 Å². The molecular formula is C53H76O21. The van der Waals surface area contributed by atoms with Crippen molar-refractivity contribution in [2.45, 2.75) is 193 Å². The Morgan fingerprint density at radius 3 is 2.22 bits per heavy atom. The monoisotopic (exact) mass is 1050 g/mol. The molecule has 21 heteroatoms. The lowest BCUT2D eigenvalue weighted by Gasteiger charge is -2.71. The first-order chi connectivity index (χ1) is 34.6. The second-order valence-electron chi connectivity index (χ2n) is 24.7. The zero-order valence-electron chi connectivity index (χ0n) is 43.4. The number of allylic oxidation sites excluding steroid dienone is 2. The molecule has 19 atom stereocenters. The molecule has 21 nitrogen and oxygen atoms in total. The Bertz CT molecular complexity index is 2330. The average Bonchev–Trinajstić information content (AvgIpc) is 3.34. The van der Waals surface area contributed by atoms with Crippen molar-refractivity contribution in [1.82, 2.24) is 0 Å². The molecule has 4 heterocycles. The maximum absolute atomic E-state index is 15.0. The molecule has 2 unspecified atom stereocenters. The van der Waals surface area contributed by atoms with E-state index in [4.69, 9.17) is 32.8 Å². The Morgan fingerprint density at radius 2 is 1.51 bits per heavy atom. The Balaban J connectivity index is 0.917. The van der Waals surface area contributed by atoms with Crippen LogP contribution in [-0.2, 0) is 52.0 Å². The number of aliphatic hydroxyl groups is 11. The van der Waals surface area contributed by atoms with E-state index < -0.39 is 139 Å². The van der Waals surface area contributed by atoms with Crippen molar-refractivity contribution in [1.29, 1.82) is 0 Å². The third-order valence-electron chi connectivity index (χ3n) is 19.9. The van der Waals surface area contributed by atoms with E-state index >= 15 is 4.79 Å². The van der Waals surface area contributed by atoms with E-state index in [-0.39, 0.29) is 57.5 Å². The van der Waals surface area contributed by atoms with Gasteiger partial charge in [-0.25, -0.2) is 9.53 Å². The molecule has 3 saturated heterocycles. The van der Waals surface area contributed by atoms with Crippen LogP contribution in [0.4, 0.5) is 0 Å². The largest absolute Gasteiger partial charge is 0.598 e. The number of fused-ring (bicyclic) bond motifs is 7. The van der Waals surface area contributed by atoms with E-state index in [0.717, 1.165) is 25.7 Å². The minimum absolute atomic E-state index is 0.104. The fourth-order valence-electron chi connectivity index (χ4n) is 15.2. The SMILES string of the molecule is CC1O[C@@H](O[C@H]2C(=O)C(=O)[C-](OCC3=[O+]C(OC(=O)[C@]45CCC(C)(C)C[C@H]4C4=CC[C@@H]6[C@@]7(C)CC[C@H](O[C@@H]8OC[C@H](O)C(O)[C@H]8O)C(C)(C)[C@@H]7CC[C@@]6(C)[C@]4(C)CC5)=C(O)C(=O)[C@@H]3O)[OH+][C-]2CO)[C@H](O)[C@H](O)[C@H]1O. The van der Waals surface area contributed by atoms with Crippen LogP contribution in [0.25, 0.3) is 0 Å². The van der Waals surface area contributed by atoms with Crippen LogP contribution >= 0.6 is 0 Å². The van der Waals surface area contributed by atoms with E-state index in [2.05, 4.69) is 59.3 Å². The van der Waals surface area contributed by atoms with Crippen molar-refractivity contribution in [3.05, 3.63) is 35.7 Å². The van der Waals surface area contributed by atoms with E-state index in [1.807, 2.05) is 0 Å². The molecule has 4 saturated carbocycles. The highest BCUT2D eigenvalue weighted by Crippen LogP contribution is 2.76. The van der Waals surface area contributed by atoms with Crippen LogP contribution in [0.5, 0.6) is 0 Å². The number of ether oxygens (including phenoxy) is 7. The molecule has 0 amide bonds. The lowest BCUT2D eigenvalue weighted by Crippen LogP contribution is -2.65. The average molecular weight is 1050 g/mol. The topological polar surface area (TPSA) is 330 Å². The fraction of sp³-hybridized carbons (Fsp3) is 0.792. The lowest BCUT2D eigenvalue weighted by atomic mass is 9.33. The Morgan fingerprint density at radius 1 is 0.824 bits per heavy atom. The molecule has 74 heavy (non-hydrogen) atoms. The van der Waals surface area contributed by atoms with Crippen molar-refractivity contribution in [2.24, 2.45) is 50.2 Å². The van der Waals surface area contributed by atoms with Crippen LogP contribution in [0.3, 0.4) is 0 Å². The van der Waals surface area contributed by atoms with Crippen molar-refractivity contribution < 1.29 is 103 Å². The maximum Gasteiger partial charge on any atom is 0.574 e. The number of carbonyl (C=O) groups is 4. The summed E-state index contributed by atoms with van der Waals surface area (Å²) >= 11 is 0. The second-order valence-corrected chi connectivity index (χ2v) is 24.7. The molecule has 0 aromatic carbocycles. The minimum Gasteiger partial charge on any atom is -0.598 e. The summed E-state index contributed by atoms with van der Waals surface area (Å²) in [5.74, 6) is -7.09. The normalized spacial score (nSPS) is 46.4. The van der Waals surface area contributed by atoms with Gasteiger partial charge in [0.2, 0.25) is 18.2 Å². The molecule has 0 aromatic rings. The predicted molar refractivity (Wildman–Crippen MR) is 252 cm³/mol. The molecule has 414 valence electrons. The smallest absolute Gasteiger partial charge is 0.574 e. The van der Waals surface area contributed by atoms with Gasteiger partial charge in [0.1, 0.15) is 48.6 Å². The van der Waals surface area contributed by atoms with Crippen LogP contribution in [0, 0.1) is 62.6 Å². The fourth-order valence-corrected chi connectivity index (χ4v) is 15.2. The predicted octanol–water partition coefficient (Wildman–Crippen LogP) is 1.23. The summed E-state index contributed by atoms with van der Waals surface area (Å²) in [6.07, 6.45) is -9.07. The number of aliphatic hydroxyl groups excluding tert-OH is 9. The van der Waals surface area contributed by atoms with Crippen molar-refractivity contribution in [2.75, 3.05) is 19.8 Å². The van der Waals surface area contributed by atoms with Crippen molar-refractivity contribution >= 4 is 29.1 Å². The molecule has 5 aliphatic carbocycles. The lowest BCUT2D eigenvalue weighted by molar-refractivity contribution is -0.446. The van der Waals surface area contributed by atoms with Crippen LogP contribution in [-0.4, -0.2) is 173 Å². The van der Waals surface area contributed by atoms with Crippen molar-refractivity contribution in [3.63, 3.8) is 0 Å². The van der Waals surface area contributed by atoms with Crippen LogP contribution < -0.4 is 0 Å². The first-order valence-electron chi connectivity index (χ1n) is 26.1. The second kappa shape index (κ2) is 19.6. The number of hydrogen-bond acceptors (Lipinski definition) is 19. The summed E-state index contributed by atoms with van der Waals surface area (Å²) in [5, 5.41) is 94.0. The molecule has 0 radical (unpaired) electrons. The molecule has 10 N–H and O–H groups in total. The zero-order chi connectivity index (χ0) is 54.0. The molecule has 4 aliphatic heterocycles. The number of esters is 1. The molecule has 0 bridgehead atoms. The van der Waals surface area contributed by atoms with Gasteiger partial charge in [0.15, 0.2) is 18.4 Å². The first kappa shape index (κ1) is 55.5. The quantitative estimate of drug-likeness (QED) is 0.0283. The highest BCUT2D eigenvalue weighted by molar-refractivity contribution is 6.43. The van der Waals surface area contributed by atoms with Gasteiger partial charge in [-0.3, -0.25) is 9.22 Å². The number of ketones is 4. The maximum atomic E-state index is 15.0. The zero-order valence-corrected chi connectivity index (χ0v) is 43.4. The van der Waals surface area contributed by atoms with Gasteiger partial charge in [-0.05, 0) is 129 Å². The standard InChI is InChI=1S/C53H76O21/c1-23-32(56)35(59)39(63)45(69-23)73-42-27(20-54)70-43(41(65)37(42)61)68-22-28-34(58)36(60)40(64)46(71-28)74-47(66)53-17-15-48(2,3)19-25(53)24-9-10-30-50(6)13-12-31(72-44-38(62)33(57)26(55)21-67-44)49(4,5)29(50)11-14-52(30,8)51(24,7)16-18-53/h9,23,25-26,29-35,38-39,42,44-45,54-59,62-64,70H,10-22H2,1-8H3/t23?,25-,26-,29-,30+,31-,32-,33?,34+,35+,38+,39+,42+,44-,45-,50-,51+,52+,53-/m0/s1. The number of rotatable bonds is 10. The first-order valence-corrected chi connectivity index (χ1v) is 26.1. The number of hydrogen-bond donors (Lipinski definition) is 9. The minimum atomic E-state index is -2.16. The molecule has 7 fully saturated rings. The molecular weight excluding hydrogens is 973 g/mol. The van der Waals surface area contributed by atoms with Gasteiger partial charge in [0.25, 0.3) is 5.78 Å². The highest BCUT2D eigenvalue weighted by Gasteiger charge is 2.71. The van der Waals surface area contributed by atoms with Gasteiger partial charge >= 0.3 is 17.7 Å². The number of Topliss-reactive ketones (excluding diaryl/α,β-unsaturated/α-hetero) is 3. The summed E-state index contributed by atoms with van der Waals surface area (Å²) in [7, 11) is 0. The van der Waals surface area contributed by atoms with Crippen LogP contribution in [0.1, 0.15) is 120 Å². The summed E-state index contributed by atoms with van der Waals surface area (Å²) in [6.45, 7) is 15.4. The van der Waals surface area contributed by atoms with E-state index in [1.54, 1.807) is 0 Å². The molecule has 0 spiro atoms. The Kier molecular flexibility index (Phi) is 14.7. The molecule has 0 aromatic heterocycles. The Hall–Kier alpha value is -3.26. The van der Waals surface area contributed by atoms with Gasteiger partial charge in [0.05, 0.1) is 24.6 Å². The summed E-state index contributed by atoms with van der Waals surface area (Å²) in [4.78, 5) is 54.9. The van der Waals surface area contributed by atoms with Gasteiger partial charge in [-0.2, -0.15) is 0 Å². The molecule has 9 aliphatic rings. The third-order valence-corrected chi connectivity index (χ3v) is 19.9. The van der Waals surface area contributed by atoms with Gasteiger partial charge in [-0.1, -0.05) is 60.1 Å². The van der Waals surface area contributed by atoms with Gasteiger partial charge in [0, 0.05) is 6.10 Å². The van der Waals surface area contributed by atoms with Gasteiger partial charge in [-0.15, -0.1) is 0 Å². The summed E-state index contributed by atoms with van der Waals surface area (Å²) in [5.41, 5.74) is -0.970. The third kappa shape index (κ3) is 8.76. The van der Waals surface area contributed by atoms with Gasteiger partial charge < -0.3 is 84.0 Å². The summed E-state index contributed by atoms with van der Waals surface area (Å²) in [6, 6.07) is 0. The van der Waals surface area contributed by atoms with Crippen LogP contribution in [0.15, 0.2) is 23.4 Å².